The number of nitrogens with zero attached hydrogens (tertiary/aromatic N) is 3. The maximum Gasteiger partial charge on any atom is 0.255 e. The molecule has 0 radical (unpaired) electrons. The second kappa shape index (κ2) is 10.2. The fourth-order valence-corrected chi connectivity index (χ4v) is 4.52. The average Bonchev–Trinajstić information content (AvgIpc) is 3.32. The third-order valence-corrected chi connectivity index (χ3v) is 6.23. The normalized spacial score (nSPS) is 14.5. The van der Waals surface area contributed by atoms with Crippen LogP contribution in [0.4, 0.5) is 11.6 Å². The largest absolute Gasteiger partial charge is 0.495 e. The van der Waals surface area contributed by atoms with E-state index in [0.29, 0.717) is 41.1 Å². The highest BCUT2D eigenvalue weighted by Crippen LogP contribution is 2.37. The van der Waals surface area contributed by atoms with Crippen molar-refractivity contribution in [1.29, 1.82) is 0 Å². The van der Waals surface area contributed by atoms with Gasteiger partial charge in [0.05, 0.1) is 25.0 Å². The number of nitrogens with one attached hydrogen (secondary N) is 2. The van der Waals surface area contributed by atoms with Crippen molar-refractivity contribution in [2.45, 2.75) is 26.8 Å². The Morgan fingerprint density at radius 1 is 1.05 bits per heavy atom. The van der Waals surface area contributed by atoms with Gasteiger partial charge in [0.2, 0.25) is 5.95 Å². The van der Waals surface area contributed by atoms with Crippen LogP contribution < -0.4 is 20.1 Å². The Morgan fingerprint density at radius 3 is 2.57 bits per heavy atom. The lowest BCUT2D eigenvalue weighted by Crippen LogP contribution is -2.31. The van der Waals surface area contributed by atoms with Gasteiger partial charge < -0.3 is 20.1 Å². The summed E-state index contributed by atoms with van der Waals surface area (Å²) in [6.07, 6.45) is 0. The number of aryl methyl sites for hydroxylation is 1. The van der Waals surface area contributed by atoms with Gasteiger partial charge in [-0.05, 0) is 62.7 Å². The van der Waals surface area contributed by atoms with Crippen LogP contribution in [0.2, 0.25) is 0 Å². The topological polar surface area (TPSA) is 90.3 Å². The van der Waals surface area contributed by atoms with Gasteiger partial charge in [0.15, 0.2) is 5.82 Å². The number of carbonyl (C=O) groups excluding carboxylic acids is 1. The van der Waals surface area contributed by atoms with Crippen molar-refractivity contribution in [2.24, 2.45) is 0 Å². The van der Waals surface area contributed by atoms with E-state index in [1.807, 2.05) is 87.5 Å². The number of hydrogen-bond donors (Lipinski definition) is 2. The van der Waals surface area contributed by atoms with Crippen molar-refractivity contribution >= 4 is 17.5 Å². The van der Waals surface area contributed by atoms with Crippen molar-refractivity contribution in [3.8, 4) is 22.9 Å². The number of carbonyl (C=O) groups is 1. The Hall–Kier alpha value is -4.59. The molecule has 0 fully saturated rings. The van der Waals surface area contributed by atoms with E-state index in [-0.39, 0.29) is 5.91 Å². The summed E-state index contributed by atoms with van der Waals surface area (Å²) in [5, 5.41) is 11.2. The highest BCUT2D eigenvalue weighted by Gasteiger charge is 2.34. The Balaban J connectivity index is 1.57. The van der Waals surface area contributed by atoms with Gasteiger partial charge in [-0.25, -0.2) is 4.68 Å². The van der Waals surface area contributed by atoms with Crippen molar-refractivity contribution in [2.75, 3.05) is 24.4 Å². The van der Waals surface area contributed by atoms with Crippen LogP contribution >= 0.6 is 0 Å². The molecule has 8 nitrogen and oxygen atoms in total. The lowest BCUT2D eigenvalue weighted by molar-refractivity contribution is -0.113. The lowest BCUT2D eigenvalue weighted by Gasteiger charge is -2.29. The van der Waals surface area contributed by atoms with Gasteiger partial charge in [-0.15, -0.1) is 5.10 Å². The summed E-state index contributed by atoms with van der Waals surface area (Å²) < 4.78 is 12.8. The molecule has 1 amide bonds. The van der Waals surface area contributed by atoms with Gasteiger partial charge in [-0.1, -0.05) is 42.0 Å². The second-order valence-electron chi connectivity index (χ2n) is 8.80. The van der Waals surface area contributed by atoms with E-state index in [1.54, 1.807) is 11.8 Å². The molecule has 0 saturated heterocycles. The third kappa shape index (κ3) is 4.78. The van der Waals surface area contributed by atoms with Crippen LogP contribution in [0.15, 0.2) is 84.1 Å². The van der Waals surface area contributed by atoms with Crippen LogP contribution in [0.5, 0.6) is 11.5 Å². The van der Waals surface area contributed by atoms with E-state index in [4.69, 9.17) is 19.6 Å². The predicted octanol–water partition coefficient (Wildman–Crippen LogP) is 5.59. The zero-order valence-electron chi connectivity index (χ0n) is 21.3. The molecule has 1 aromatic heterocycles. The molecule has 3 aromatic carbocycles. The van der Waals surface area contributed by atoms with E-state index < -0.39 is 6.04 Å². The first-order valence-electron chi connectivity index (χ1n) is 12.2. The first-order valence-corrected chi connectivity index (χ1v) is 12.2. The molecule has 4 aromatic rings. The molecule has 5 rings (SSSR count). The smallest absolute Gasteiger partial charge is 0.255 e. The summed E-state index contributed by atoms with van der Waals surface area (Å²) in [6.45, 7) is 6.47. The Labute approximate surface area is 216 Å². The summed E-state index contributed by atoms with van der Waals surface area (Å²) in [6, 6.07) is 22.6. The van der Waals surface area contributed by atoms with E-state index in [9.17, 15) is 4.79 Å². The third-order valence-electron chi connectivity index (χ3n) is 6.23. The van der Waals surface area contributed by atoms with Crippen LogP contribution in [-0.4, -0.2) is 34.4 Å². The van der Waals surface area contributed by atoms with Crippen LogP contribution in [0, 0.1) is 6.92 Å². The molecule has 0 bridgehead atoms. The van der Waals surface area contributed by atoms with E-state index in [1.165, 1.54) is 0 Å². The first-order chi connectivity index (χ1) is 18.0. The van der Waals surface area contributed by atoms with Crippen LogP contribution in [0.3, 0.4) is 0 Å². The monoisotopic (exact) mass is 495 g/mol. The minimum absolute atomic E-state index is 0.246. The zero-order chi connectivity index (χ0) is 25.9. The van der Waals surface area contributed by atoms with Gasteiger partial charge in [0, 0.05) is 11.3 Å². The number of aromatic nitrogens is 3. The van der Waals surface area contributed by atoms with Crippen molar-refractivity contribution in [3.63, 3.8) is 0 Å². The molecule has 0 spiro atoms. The Morgan fingerprint density at radius 2 is 1.84 bits per heavy atom. The lowest BCUT2D eigenvalue weighted by atomic mass is 9.94. The summed E-state index contributed by atoms with van der Waals surface area (Å²) in [4.78, 5) is 18.5. The zero-order valence-corrected chi connectivity index (χ0v) is 21.3. The highest BCUT2D eigenvalue weighted by molar-refractivity contribution is 6.06. The molecule has 8 heteroatoms. The van der Waals surface area contributed by atoms with Crippen LogP contribution in [-0.2, 0) is 4.79 Å². The minimum atomic E-state index is -0.477. The standard InChI is InChI=1S/C29H29N5O3/c1-5-37-22-15-13-20(14-16-22)27-32-29-30-19(3)25(28(35)31-23-11-6-7-12-24(23)36-4)26(34(29)33-27)21-10-8-9-18(2)17-21/h6-17,26H,5H2,1-4H3,(H,31,35)(H,30,32,33). The van der Waals surface area contributed by atoms with E-state index in [0.717, 1.165) is 22.4 Å². The molecule has 1 unspecified atom stereocenters. The summed E-state index contributed by atoms with van der Waals surface area (Å²) in [5.41, 5.74) is 4.73. The molecule has 0 saturated carbocycles. The molecule has 0 aliphatic carbocycles. The molecule has 188 valence electrons. The quantitative estimate of drug-likeness (QED) is 0.347. The average molecular weight is 496 g/mol. The van der Waals surface area contributed by atoms with Crippen LogP contribution in [0.25, 0.3) is 11.4 Å². The molecule has 1 aliphatic rings. The maximum atomic E-state index is 13.8. The number of methoxy groups -OCH3 is 1. The van der Waals surface area contributed by atoms with Gasteiger partial charge in [0.25, 0.3) is 5.91 Å². The van der Waals surface area contributed by atoms with Gasteiger partial charge in [0.1, 0.15) is 17.5 Å². The number of fused-ring (bicyclic) bond motifs is 1. The predicted molar refractivity (Wildman–Crippen MR) is 144 cm³/mol. The summed E-state index contributed by atoms with van der Waals surface area (Å²) in [5.74, 6) is 2.26. The van der Waals surface area contributed by atoms with Crippen molar-refractivity contribution in [1.82, 2.24) is 14.8 Å². The molecule has 37 heavy (non-hydrogen) atoms. The number of benzene rings is 3. The van der Waals surface area contributed by atoms with Gasteiger partial charge in [-0.3, -0.25) is 4.79 Å². The van der Waals surface area contributed by atoms with E-state index in [2.05, 4.69) is 16.7 Å². The molecule has 2 N–H and O–H groups in total. The van der Waals surface area contributed by atoms with E-state index >= 15 is 0 Å². The molecule has 1 atom stereocenters. The van der Waals surface area contributed by atoms with Gasteiger partial charge in [-0.2, -0.15) is 4.98 Å². The Bertz CT molecular complexity index is 1470. The molecular weight excluding hydrogens is 466 g/mol. The fraction of sp³-hybridized carbons (Fsp3) is 0.207. The molecule has 1 aliphatic heterocycles. The van der Waals surface area contributed by atoms with Crippen molar-refractivity contribution < 1.29 is 14.3 Å². The number of allylic oxidation sites excluding steroid dienone is 1. The minimum Gasteiger partial charge on any atom is -0.495 e. The fourth-order valence-electron chi connectivity index (χ4n) is 4.52. The summed E-state index contributed by atoms with van der Waals surface area (Å²) >= 11 is 0. The van der Waals surface area contributed by atoms with Crippen molar-refractivity contribution in [3.05, 3.63) is 95.2 Å². The second-order valence-corrected chi connectivity index (χ2v) is 8.80. The SMILES string of the molecule is CCOc1ccc(-c2nc3n(n2)C(c2cccc(C)c2)C(C(=O)Nc2ccccc2OC)=C(C)N3)cc1. The number of anilines is 2. The maximum absolute atomic E-state index is 13.8. The Kier molecular flexibility index (Phi) is 6.64. The number of rotatable bonds is 7. The highest BCUT2D eigenvalue weighted by atomic mass is 16.5. The van der Waals surface area contributed by atoms with Gasteiger partial charge >= 0.3 is 0 Å². The number of para-hydroxylation sites is 2. The molecule has 2 heterocycles. The van der Waals surface area contributed by atoms with Crippen LogP contribution in [0.1, 0.15) is 31.0 Å². The number of amides is 1. The number of ether oxygens (including phenoxy) is 2. The number of hydrogen-bond acceptors (Lipinski definition) is 6. The first kappa shape index (κ1) is 24.1. The molecular formula is C29H29N5O3. The summed E-state index contributed by atoms with van der Waals surface area (Å²) in [7, 11) is 1.58.